The Hall–Kier alpha value is -3.86. The summed E-state index contributed by atoms with van der Waals surface area (Å²) in [4.78, 5) is 22.6. The number of nitrogens with zero attached hydrogens (tertiary/aromatic N) is 4. The lowest BCUT2D eigenvalue weighted by atomic mass is 10.1. The minimum Gasteiger partial charge on any atom is -0.493 e. The average molecular weight is 469 g/mol. The number of amides is 1. The lowest BCUT2D eigenvalue weighted by molar-refractivity contribution is 0.0951. The fourth-order valence-electron chi connectivity index (χ4n) is 3.37. The van der Waals surface area contributed by atoms with Gasteiger partial charge in [0.25, 0.3) is 5.91 Å². The molecule has 0 aliphatic carbocycles. The van der Waals surface area contributed by atoms with Gasteiger partial charge in [-0.25, -0.2) is 14.6 Å². The number of fused-ring (bicyclic) bond motifs is 1. The summed E-state index contributed by atoms with van der Waals surface area (Å²) in [5.74, 6) is 1.72. The lowest BCUT2D eigenvalue weighted by Gasteiger charge is -2.14. The summed E-state index contributed by atoms with van der Waals surface area (Å²) in [6.07, 6.45) is 3.23. The Balaban J connectivity index is 1.42. The molecule has 1 aromatic carbocycles. The fourth-order valence-corrected chi connectivity index (χ4v) is 4.02. The monoisotopic (exact) mass is 468 g/mol. The van der Waals surface area contributed by atoms with E-state index >= 15 is 0 Å². The maximum Gasteiger partial charge on any atom is 0.251 e. The molecule has 0 bridgehead atoms. The number of hydrogen-bond donors (Lipinski definition) is 2. The van der Waals surface area contributed by atoms with Gasteiger partial charge in [-0.1, -0.05) is 6.07 Å². The van der Waals surface area contributed by atoms with Crippen LogP contribution in [-0.2, 0) is 13.1 Å². The number of thiophene rings is 1. The highest BCUT2D eigenvalue weighted by Gasteiger charge is 2.17. The summed E-state index contributed by atoms with van der Waals surface area (Å²) in [7, 11) is 4.53. The summed E-state index contributed by atoms with van der Waals surface area (Å²) >= 11 is 1.68. The zero-order chi connectivity index (χ0) is 23.2. The van der Waals surface area contributed by atoms with Gasteiger partial charge in [0.2, 0.25) is 5.75 Å². The molecular formula is C22H24N6O4S. The lowest BCUT2D eigenvalue weighted by Crippen LogP contribution is -2.27. The minimum absolute atomic E-state index is 0.265. The molecule has 11 heteroatoms. The smallest absolute Gasteiger partial charge is 0.251 e. The number of hydrogen-bond acceptors (Lipinski definition) is 9. The minimum atomic E-state index is -0.265. The normalized spacial score (nSPS) is 10.8. The summed E-state index contributed by atoms with van der Waals surface area (Å²) < 4.78 is 17.7. The molecule has 3 aromatic heterocycles. The molecule has 33 heavy (non-hydrogen) atoms. The maximum absolute atomic E-state index is 12.7. The first kappa shape index (κ1) is 22.3. The average Bonchev–Trinajstić information content (AvgIpc) is 3.52. The van der Waals surface area contributed by atoms with E-state index in [2.05, 4.69) is 31.8 Å². The van der Waals surface area contributed by atoms with Crippen molar-refractivity contribution in [1.82, 2.24) is 25.1 Å². The van der Waals surface area contributed by atoms with Crippen molar-refractivity contribution < 1.29 is 19.0 Å². The van der Waals surface area contributed by atoms with Gasteiger partial charge in [-0.3, -0.25) is 4.79 Å². The van der Waals surface area contributed by atoms with Crippen LogP contribution in [0.25, 0.3) is 11.0 Å². The molecule has 0 aliphatic heterocycles. The Morgan fingerprint density at radius 2 is 1.91 bits per heavy atom. The van der Waals surface area contributed by atoms with Crippen molar-refractivity contribution in [2.45, 2.75) is 13.1 Å². The van der Waals surface area contributed by atoms with Gasteiger partial charge in [0.15, 0.2) is 17.1 Å². The van der Waals surface area contributed by atoms with Gasteiger partial charge in [-0.2, -0.15) is 5.10 Å². The summed E-state index contributed by atoms with van der Waals surface area (Å²) in [6.45, 7) is 1.48. The van der Waals surface area contributed by atoms with Gasteiger partial charge in [0.1, 0.15) is 12.1 Å². The van der Waals surface area contributed by atoms with Crippen molar-refractivity contribution in [3.63, 3.8) is 0 Å². The van der Waals surface area contributed by atoms with Crippen LogP contribution in [-0.4, -0.2) is 53.5 Å². The molecule has 3 heterocycles. The molecule has 0 spiro atoms. The van der Waals surface area contributed by atoms with Crippen LogP contribution >= 0.6 is 11.3 Å². The molecule has 4 rings (SSSR count). The van der Waals surface area contributed by atoms with Crippen molar-refractivity contribution in [2.24, 2.45) is 0 Å². The second kappa shape index (κ2) is 10.2. The topological polar surface area (TPSA) is 112 Å². The molecule has 0 saturated carbocycles. The molecule has 0 unspecified atom stereocenters. The van der Waals surface area contributed by atoms with Gasteiger partial charge in [0, 0.05) is 17.0 Å². The van der Waals surface area contributed by atoms with Gasteiger partial charge >= 0.3 is 0 Å². The first-order valence-corrected chi connectivity index (χ1v) is 11.0. The third kappa shape index (κ3) is 4.82. The van der Waals surface area contributed by atoms with E-state index in [0.717, 1.165) is 11.2 Å². The van der Waals surface area contributed by atoms with Gasteiger partial charge < -0.3 is 24.8 Å². The number of ether oxygens (including phenoxy) is 3. The number of nitrogens with one attached hydrogen (secondary N) is 2. The van der Waals surface area contributed by atoms with Crippen molar-refractivity contribution in [3.05, 3.63) is 52.6 Å². The first-order valence-electron chi connectivity index (χ1n) is 10.2. The van der Waals surface area contributed by atoms with Gasteiger partial charge in [-0.15, -0.1) is 11.3 Å². The Kier molecular flexibility index (Phi) is 6.89. The summed E-state index contributed by atoms with van der Waals surface area (Å²) in [6, 6.07) is 7.30. The van der Waals surface area contributed by atoms with Gasteiger partial charge in [0.05, 0.1) is 46.0 Å². The van der Waals surface area contributed by atoms with Crippen LogP contribution < -0.4 is 24.8 Å². The Labute approximate surface area is 194 Å². The van der Waals surface area contributed by atoms with E-state index in [1.54, 1.807) is 34.3 Å². The molecule has 0 fully saturated rings. The quantitative estimate of drug-likeness (QED) is 0.365. The zero-order valence-corrected chi connectivity index (χ0v) is 19.3. The number of anilines is 1. The highest BCUT2D eigenvalue weighted by molar-refractivity contribution is 7.09. The predicted octanol–water partition coefficient (Wildman–Crippen LogP) is 2.96. The Bertz CT molecular complexity index is 1220. The number of aromatic nitrogens is 4. The summed E-state index contributed by atoms with van der Waals surface area (Å²) in [5, 5.41) is 13.5. The third-order valence-corrected chi connectivity index (χ3v) is 5.86. The van der Waals surface area contributed by atoms with Crippen molar-refractivity contribution in [1.29, 1.82) is 0 Å². The fraction of sp³-hybridized carbons (Fsp3) is 0.273. The van der Waals surface area contributed by atoms with E-state index in [9.17, 15) is 4.79 Å². The summed E-state index contributed by atoms with van der Waals surface area (Å²) in [5.41, 5.74) is 1.10. The highest BCUT2D eigenvalue weighted by Crippen LogP contribution is 2.38. The number of methoxy groups -OCH3 is 3. The second-order valence-corrected chi connectivity index (χ2v) is 7.96. The van der Waals surface area contributed by atoms with Crippen LogP contribution in [0.5, 0.6) is 17.2 Å². The number of benzene rings is 1. The zero-order valence-electron chi connectivity index (χ0n) is 18.5. The van der Waals surface area contributed by atoms with E-state index in [0.29, 0.717) is 48.1 Å². The van der Waals surface area contributed by atoms with E-state index < -0.39 is 0 Å². The first-order chi connectivity index (χ1) is 16.1. The molecule has 0 atom stereocenters. The molecular weight excluding hydrogens is 444 g/mol. The van der Waals surface area contributed by atoms with E-state index in [1.165, 1.54) is 32.5 Å². The predicted molar refractivity (Wildman–Crippen MR) is 125 cm³/mol. The Morgan fingerprint density at radius 3 is 2.58 bits per heavy atom. The molecule has 2 N–H and O–H groups in total. The molecule has 1 amide bonds. The molecule has 4 aromatic rings. The molecule has 172 valence electrons. The highest BCUT2D eigenvalue weighted by atomic mass is 32.1. The SMILES string of the molecule is COc1cc(C(=O)NCCn2ncc3c(NCc4cccs4)ncnc32)cc(OC)c1OC. The van der Waals surface area contributed by atoms with Crippen LogP contribution in [0.4, 0.5) is 5.82 Å². The number of carbonyl (C=O) groups excluding carboxylic acids is 1. The van der Waals surface area contributed by atoms with Crippen molar-refractivity contribution in [3.8, 4) is 17.2 Å². The van der Waals surface area contributed by atoms with Crippen LogP contribution in [0.1, 0.15) is 15.2 Å². The number of rotatable bonds is 10. The molecule has 10 nitrogen and oxygen atoms in total. The van der Waals surface area contributed by atoms with Crippen LogP contribution in [0, 0.1) is 0 Å². The van der Waals surface area contributed by atoms with Gasteiger partial charge in [-0.05, 0) is 23.6 Å². The standard InChI is InChI=1S/C22H24N6O4S/c1-30-17-9-14(10-18(31-2)19(17)32-3)22(29)23-6-7-28-21-16(12-27-28)20(25-13-26-21)24-11-15-5-4-8-33-15/h4-5,8-10,12-13H,6-7,11H2,1-3H3,(H,23,29)(H,24,25,26). The molecule has 0 aliphatic rings. The second-order valence-electron chi connectivity index (χ2n) is 6.93. The van der Waals surface area contributed by atoms with E-state index in [4.69, 9.17) is 14.2 Å². The third-order valence-electron chi connectivity index (χ3n) is 4.98. The van der Waals surface area contributed by atoms with E-state index in [1.807, 2.05) is 11.4 Å². The molecule has 0 radical (unpaired) electrons. The molecule has 0 saturated heterocycles. The maximum atomic E-state index is 12.7. The Morgan fingerprint density at radius 1 is 1.12 bits per heavy atom. The van der Waals surface area contributed by atoms with Crippen LogP contribution in [0.2, 0.25) is 0 Å². The van der Waals surface area contributed by atoms with Crippen LogP contribution in [0.3, 0.4) is 0 Å². The van der Waals surface area contributed by atoms with Crippen LogP contribution in [0.15, 0.2) is 42.2 Å². The van der Waals surface area contributed by atoms with Crippen molar-refractivity contribution in [2.75, 3.05) is 33.2 Å². The largest absolute Gasteiger partial charge is 0.493 e. The van der Waals surface area contributed by atoms with E-state index in [-0.39, 0.29) is 5.91 Å². The van der Waals surface area contributed by atoms with Crippen molar-refractivity contribution >= 4 is 34.1 Å². The number of carbonyl (C=O) groups is 1.